The fourth-order valence-electron chi connectivity index (χ4n) is 3.56. The number of aromatic nitrogens is 3. The molecule has 152 valence electrons. The lowest BCUT2D eigenvalue weighted by molar-refractivity contribution is 0.0904. The van der Waals surface area contributed by atoms with Crippen LogP contribution >= 0.6 is 0 Å². The van der Waals surface area contributed by atoms with Crippen molar-refractivity contribution in [1.82, 2.24) is 20.1 Å². The number of hydrogen-bond acceptors (Lipinski definition) is 5. The molecule has 0 unspecified atom stereocenters. The molecule has 1 aromatic carbocycles. The summed E-state index contributed by atoms with van der Waals surface area (Å²) >= 11 is 0. The smallest absolute Gasteiger partial charge is 0.255 e. The van der Waals surface area contributed by atoms with Crippen molar-refractivity contribution < 1.29 is 13.9 Å². The quantitative estimate of drug-likeness (QED) is 0.668. The Morgan fingerprint density at radius 1 is 1.31 bits per heavy atom. The number of rotatable bonds is 6. The summed E-state index contributed by atoms with van der Waals surface area (Å²) in [7, 11) is 0. The number of aryl methyl sites for hydroxylation is 1. The average molecular weight is 397 g/mol. The molecule has 0 atom stereocenters. The van der Waals surface area contributed by atoms with Crippen molar-refractivity contribution in [2.24, 2.45) is 0 Å². The van der Waals surface area contributed by atoms with E-state index in [1.54, 1.807) is 29.2 Å². The number of nitrogens with one attached hydrogen (secondary N) is 2. The fourth-order valence-corrected chi connectivity index (χ4v) is 3.56. The molecule has 3 aromatic rings. The molecule has 2 N–H and O–H groups in total. The van der Waals surface area contributed by atoms with Crippen molar-refractivity contribution in [3.63, 3.8) is 0 Å². The molecule has 0 aliphatic carbocycles. The highest BCUT2D eigenvalue weighted by molar-refractivity contribution is 6.06. The van der Waals surface area contributed by atoms with Gasteiger partial charge >= 0.3 is 0 Å². The van der Waals surface area contributed by atoms with Gasteiger partial charge < -0.3 is 15.4 Å². The van der Waals surface area contributed by atoms with Crippen LogP contribution in [-0.2, 0) is 17.8 Å². The van der Waals surface area contributed by atoms with Crippen LogP contribution in [0.2, 0.25) is 0 Å². The highest BCUT2D eigenvalue weighted by Crippen LogP contribution is 2.28. The maximum atomic E-state index is 13.4. The Labute approximate surface area is 168 Å². The Hall–Kier alpha value is -3.00. The lowest BCUT2D eigenvalue weighted by Crippen LogP contribution is -2.30. The van der Waals surface area contributed by atoms with E-state index in [2.05, 4.69) is 20.7 Å². The maximum Gasteiger partial charge on any atom is 0.255 e. The second kappa shape index (κ2) is 8.57. The Kier molecular flexibility index (Phi) is 5.71. The first-order chi connectivity index (χ1) is 14.2. The van der Waals surface area contributed by atoms with Gasteiger partial charge in [0.15, 0.2) is 5.65 Å². The molecule has 7 nitrogen and oxygen atoms in total. The highest BCUT2D eigenvalue weighted by Gasteiger charge is 2.22. The van der Waals surface area contributed by atoms with E-state index in [1.165, 1.54) is 12.1 Å². The van der Waals surface area contributed by atoms with Crippen LogP contribution in [0.1, 0.15) is 35.7 Å². The van der Waals surface area contributed by atoms with E-state index >= 15 is 0 Å². The highest BCUT2D eigenvalue weighted by atomic mass is 19.1. The summed E-state index contributed by atoms with van der Waals surface area (Å²) < 4.78 is 20.6. The molecule has 0 bridgehead atoms. The predicted molar refractivity (Wildman–Crippen MR) is 108 cm³/mol. The number of hydrogen-bond donors (Lipinski definition) is 2. The van der Waals surface area contributed by atoms with Crippen LogP contribution in [0.3, 0.4) is 0 Å². The zero-order valence-corrected chi connectivity index (χ0v) is 16.3. The monoisotopic (exact) mass is 397 g/mol. The van der Waals surface area contributed by atoms with Gasteiger partial charge in [-0.3, -0.25) is 4.79 Å². The molecule has 2 aromatic heterocycles. The van der Waals surface area contributed by atoms with Crippen LogP contribution in [0.25, 0.3) is 11.0 Å². The second-order valence-corrected chi connectivity index (χ2v) is 7.09. The van der Waals surface area contributed by atoms with Crippen molar-refractivity contribution >= 4 is 22.6 Å². The minimum Gasteiger partial charge on any atom is -0.381 e. The van der Waals surface area contributed by atoms with Gasteiger partial charge in [0.1, 0.15) is 5.82 Å². The molecular weight excluding hydrogens is 373 g/mol. The first-order valence-electron chi connectivity index (χ1n) is 9.87. The number of fused-ring (bicyclic) bond motifs is 1. The van der Waals surface area contributed by atoms with E-state index in [9.17, 15) is 9.18 Å². The van der Waals surface area contributed by atoms with E-state index in [4.69, 9.17) is 4.74 Å². The van der Waals surface area contributed by atoms with Crippen molar-refractivity contribution in [3.05, 3.63) is 53.6 Å². The standard InChI is InChI=1S/C21H24FN5O2/c1-2-27-20-17(13-25-27)19(26-16-6-8-29-9-7-16)18(12-23-20)21(28)24-11-14-4-3-5-15(22)10-14/h3-5,10,12-13,16H,2,6-9,11H2,1H3,(H,23,26)(H,24,28). The predicted octanol–water partition coefficient (Wildman–Crippen LogP) is 3.11. The molecule has 0 spiro atoms. The molecule has 0 saturated carbocycles. The van der Waals surface area contributed by atoms with E-state index in [0.29, 0.717) is 30.9 Å². The van der Waals surface area contributed by atoms with E-state index in [0.717, 1.165) is 29.6 Å². The van der Waals surface area contributed by atoms with Gasteiger partial charge in [-0.05, 0) is 37.5 Å². The van der Waals surface area contributed by atoms with Crippen LogP contribution in [0.4, 0.5) is 10.1 Å². The second-order valence-electron chi connectivity index (χ2n) is 7.09. The third-order valence-corrected chi connectivity index (χ3v) is 5.12. The summed E-state index contributed by atoms with van der Waals surface area (Å²) in [5.41, 5.74) is 2.63. The minimum absolute atomic E-state index is 0.217. The lowest BCUT2D eigenvalue weighted by atomic mass is 10.1. The number of anilines is 1. The molecular formula is C21H24FN5O2. The maximum absolute atomic E-state index is 13.4. The van der Waals surface area contributed by atoms with Gasteiger partial charge in [-0.1, -0.05) is 12.1 Å². The summed E-state index contributed by atoms with van der Waals surface area (Å²) in [6, 6.07) is 6.41. The molecule has 1 fully saturated rings. The minimum atomic E-state index is -0.325. The van der Waals surface area contributed by atoms with Gasteiger partial charge in [0, 0.05) is 38.5 Å². The number of amides is 1. The Balaban J connectivity index is 1.62. The Morgan fingerprint density at radius 3 is 2.90 bits per heavy atom. The number of carbonyl (C=O) groups excluding carboxylic acids is 1. The third-order valence-electron chi connectivity index (χ3n) is 5.12. The van der Waals surface area contributed by atoms with Crippen molar-refractivity contribution in [2.45, 2.75) is 38.9 Å². The third kappa shape index (κ3) is 4.22. The molecule has 4 rings (SSSR count). The molecule has 8 heteroatoms. The normalized spacial score (nSPS) is 14.8. The van der Waals surface area contributed by atoms with Crippen LogP contribution < -0.4 is 10.6 Å². The number of halogens is 1. The SMILES string of the molecule is CCn1ncc2c(NC3CCOCC3)c(C(=O)NCc3cccc(F)c3)cnc21. The molecule has 29 heavy (non-hydrogen) atoms. The van der Waals surface area contributed by atoms with Crippen molar-refractivity contribution in [1.29, 1.82) is 0 Å². The van der Waals surface area contributed by atoms with Crippen molar-refractivity contribution in [3.8, 4) is 0 Å². The van der Waals surface area contributed by atoms with Crippen LogP contribution in [0.5, 0.6) is 0 Å². The van der Waals surface area contributed by atoms with Crippen LogP contribution in [-0.4, -0.2) is 39.9 Å². The molecule has 1 aliphatic rings. The fraction of sp³-hybridized carbons (Fsp3) is 0.381. The Bertz CT molecular complexity index is 1010. The summed E-state index contributed by atoms with van der Waals surface area (Å²) in [6.07, 6.45) is 5.07. The zero-order valence-electron chi connectivity index (χ0n) is 16.3. The van der Waals surface area contributed by atoms with Gasteiger partial charge in [0.25, 0.3) is 5.91 Å². The lowest BCUT2D eigenvalue weighted by Gasteiger charge is -2.25. The van der Waals surface area contributed by atoms with Gasteiger partial charge in [-0.25, -0.2) is 14.1 Å². The number of ether oxygens (including phenoxy) is 1. The number of carbonyl (C=O) groups is 1. The summed E-state index contributed by atoms with van der Waals surface area (Å²) in [6.45, 7) is 4.32. The number of benzene rings is 1. The van der Waals surface area contributed by atoms with E-state index < -0.39 is 0 Å². The molecule has 3 heterocycles. The van der Waals surface area contributed by atoms with Gasteiger partial charge in [-0.2, -0.15) is 5.10 Å². The first-order valence-corrected chi connectivity index (χ1v) is 9.87. The van der Waals surface area contributed by atoms with Crippen LogP contribution in [0.15, 0.2) is 36.7 Å². The summed E-state index contributed by atoms with van der Waals surface area (Å²) in [5.74, 6) is -0.587. The largest absolute Gasteiger partial charge is 0.381 e. The topological polar surface area (TPSA) is 81.1 Å². The number of nitrogens with zero attached hydrogens (tertiary/aromatic N) is 3. The molecule has 1 aliphatic heterocycles. The molecule has 1 saturated heterocycles. The van der Waals surface area contributed by atoms with Crippen LogP contribution in [0, 0.1) is 5.82 Å². The van der Waals surface area contributed by atoms with Gasteiger partial charge in [-0.15, -0.1) is 0 Å². The zero-order chi connectivity index (χ0) is 20.2. The molecule has 1 amide bonds. The first kappa shape index (κ1) is 19.3. The van der Waals surface area contributed by atoms with E-state index in [-0.39, 0.29) is 24.3 Å². The summed E-state index contributed by atoms with van der Waals surface area (Å²) in [5, 5.41) is 11.6. The van der Waals surface area contributed by atoms with Gasteiger partial charge in [0.05, 0.1) is 22.8 Å². The molecule has 0 radical (unpaired) electrons. The average Bonchev–Trinajstić information content (AvgIpc) is 3.17. The Morgan fingerprint density at radius 2 is 2.14 bits per heavy atom. The van der Waals surface area contributed by atoms with E-state index in [1.807, 2.05) is 6.92 Å². The van der Waals surface area contributed by atoms with Crippen molar-refractivity contribution in [2.75, 3.05) is 18.5 Å². The summed E-state index contributed by atoms with van der Waals surface area (Å²) in [4.78, 5) is 17.4. The van der Waals surface area contributed by atoms with Gasteiger partial charge in [0.2, 0.25) is 0 Å². The number of pyridine rings is 1.